The molecule has 1 rings (SSSR count). The minimum absolute atomic E-state index is 0.803. The summed E-state index contributed by atoms with van der Waals surface area (Å²) in [5.74, 6) is 0. The van der Waals surface area contributed by atoms with Crippen molar-refractivity contribution in [3.05, 3.63) is 34.4 Å². The molecule has 0 N–H and O–H groups in total. The number of alkyl halides is 3. The highest BCUT2D eigenvalue weighted by atomic mass is 35.6. The Bertz CT molecular complexity index is 324. The normalized spacial score (nSPS) is 11.8. The Hall–Kier alpha value is 0.0900. The van der Waals surface area contributed by atoms with E-state index in [2.05, 4.69) is 0 Å². The van der Waals surface area contributed by atoms with E-state index in [0.29, 0.717) is 0 Å². The van der Waals surface area contributed by atoms with Crippen LogP contribution >= 0.6 is 34.8 Å². The lowest BCUT2D eigenvalue weighted by atomic mass is 9.99. The fourth-order valence-corrected chi connectivity index (χ4v) is 2.26. The van der Waals surface area contributed by atoms with Gasteiger partial charge in [0, 0.05) is 5.56 Å². The largest absolute Gasteiger partial charge is 0.216 e. The molecule has 0 aliphatic heterocycles. The van der Waals surface area contributed by atoms with Crippen molar-refractivity contribution in [2.24, 2.45) is 0 Å². The van der Waals surface area contributed by atoms with Gasteiger partial charge in [-0.1, -0.05) is 46.9 Å². The molecule has 1 aromatic rings. The Labute approximate surface area is 93.8 Å². The van der Waals surface area contributed by atoms with Crippen molar-refractivity contribution < 1.29 is 0 Å². The van der Waals surface area contributed by atoms with Crippen molar-refractivity contribution in [3.8, 4) is 0 Å². The van der Waals surface area contributed by atoms with Gasteiger partial charge in [0.1, 0.15) is 0 Å². The van der Waals surface area contributed by atoms with E-state index >= 15 is 0 Å². The quantitative estimate of drug-likeness (QED) is 0.585. The molecule has 0 nitrogen and oxygen atoms in total. The fraction of sp³-hybridized carbons (Fsp3) is 0.400. The van der Waals surface area contributed by atoms with Crippen LogP contribution in [0.2, 0.25) is 0 Å². The van der Waals surface area contributed by atoms with Gasteiger partial charge in [0.15, 0.2) is 0 Å². The van der Waals surface area contributed by atoms with E-state index < -0.39 is 3.79 Å². The fourth-order valence-electron chi connectivity index (χ4n) is 1.39. The monoisotopic (exact) mass is 236 g/mol. The molecule has 1 aromatic carbocycles. The zero-order chi connectivity index (χ0) is 10.2. The van der Waals surface area contributed by atoms with Gasteiger partial charge in [0.25, 0.3) is 0 Å². The Morgan fingerprint density at radius 2 is 1.38 bits per heavy atom. The molecular weight excluding hydrogens is 226 g/mol. The first-order valence-corrected chi connectivity index (χ1v) is 5.11. The lowest BCUT2D eigenvalue weighted by Crippen LogP contribution is -2.07. The number of benzene rings is 1. The zero-order valence-electron chi connectivity index (χ0n) is 7.79. The Morgan fingerprint density at radius 1 is 0.923 bits per heavy atom. The van der Waals surface area contributed by atoms with Crippen molar-refractivity contribution in [1.82, 2.24) is 0 Å². The van der Waals surface area contributed by atoms with Crippen molar-refractivity contribution in [1.29, 1.82) is 0 Å². The summed E-state index contributed by atoms with van der Waals surface area (Å²) < 4.78 is -1.32. The third-order valence-corrected chi connectivity index (χ3v) is 2.79. The summed E-state index contributed by atoms with van der Waals surface area (Å²) >= 11 is 17.6. The SMILES string of the molecule is Cc1ccc(C)c(C(Cl)(Cl)Cl)c1C. The van der Waals surface area contributed by atoms with Crippen LogP contribution in [0.3, 0.4) is 0 Å². The highest BCUT2D eigenvalue weighted by Crippen LogP contribution is 2.42. The van der Waals surface area contributed by atoms with E-state index in [0.717, 1.165) is 22.3 Å². The summed E-state index contributed by atoms with van der Waals surface area (Å²) in [7, 11) is 0. The number of rotatable bonds is 0. The maximum absolute atomic E-state index is 5.87. The van der Waals surface area contributed by atoms with E-state index in [9.17, 15) is 0 Å². The van der Waals surface area contributed by atoms with Gasteiger partial charge in [0.05, 0.1) is 0 Å². The Kier molecular flexibility index (Phi) is 3.16. The highest BCUT2D eigenvalue weighted by Gasteiger charge is 2.27. The van der Waals surface area contributed by atoms with E-state index in [1.54, 1.807) is 0 Å². The molecule has 0 aliphatic rings. The first-order chi connectivity index (χ1) is 5.84. The van der Waals surface area contributed by atoms with Crippen LogP contribution in [0.25, 0.3) is 0 Å². The second kappa shape index (κ2) is 3.68. The number of aryl methyl sites for hydroxylation is 2. The molecule has 0 unspecified atom stereocenters. The van der Waals surface area contributed by atoms with E-state index in [-0.39, 0.29) is 0 Å². The second-order valence-electron chi connectivity index (χ2n) is 3.20. The Morgan fingerprint density at radius 3 is 1.77 bits per heavy atom. The number of hydrogen-bond acceptors (Lipinski definition) is 0. The molecule has 13 heavy (non-hydrogen) atoms. The van der Waals surface area contributed by atoms with Crippen LogP contribution in [-0.4, -0.2) is 0 Å². The first-order valence-electron chi connectivity index (χ1n) is 3.98. The van der Waals surface area contributed by atoms with Gasteiger partial charge in [-0.2, -0.15) is 0 Å². The summed E-state index contributed by atoms with van der Waals surface area (Å²) in [6, 6.07) is 4.00. The summed E-state index contributed by atoms with van der Waals surface area (Å²) in [5.41, 5.74) is 4.02. The minimum Gasteiger partial charge on any atom is -0.0784 e. The maximum atomic E-state index is 5.87. The molecule has 0 saturated carbocycles. The van der Waals surface area contributed by atoms with Gasteiger partial charge < -0.3 is 0 Å². The second-order valence-corrected chi connectivity index (χ2v) is 5.48. The smallest absolute Gasteiger partial charge is 0.0784 e. The molecule has 0 heterocycles. The molecular formula is C10H11Cl3. The summed E-state index contributed by atoms with van der Waals surface area (Å²) in [6.07, 6.45) is 0. The van der Waals surface area contributed by atoms with Crippen LogP contribution in [0.1, 0.15) is 22.3 Å². The van der Waals surface area contributed by atoms with Gasteiger partial charge in [-0.3, -0.25) is 0 Å². The lowest BCUT2D eigenvalue weighted by molar-refractivity contribution is 1.12. The molecule has 0 amide bonds. The van der Waals surface area contributed by atoms with Crippen molar-refractivity contribution in [2.75, 3.05) is 0 Å². The highest BCUT2D eigenvalue weighted by molar-refractivity contribution is 6.66. The van der Waals surface area contributed by atoms with Crippen molar-refractivity contribution >= 4 is 34.8 Å². The molecule has 0 aromatic heterocycles. The maximum Gasteiger partial charge on any atom is 0.216 e. The molecule has 0 spiro atoms. The summed E-state index contributed by atoms with van der Waals surface area (Å²) in [4.78, 5) is 0. The van der Waals surface area contributed by atoms with Gasteiger partial charge in [-0.05, 0) is 37.5 Å². The third-order valence-electron chi connectivity index (χ3n) is 2.23. The van der Waals surface area contributed by atoms with Gasteiger partial charge in [-0.25, -0.2) is 0 Å². The van der Waals surface area contributed by atoms with Crippen molar-refractivity contribution in [3.63, 3.8) is 0 Å². The molecule has 0 radical (unpaired) electrons. The summed E-state index contributed by atoms with van der Waals surface area (Å²) in [6.45, 7) is 5.93. The topological polar surface area (TPSA) is 0 Å². The minimum atomic E-state index is -1.32. The molecule has 0 aliphatic carbocycles. The van der Waals surface area contributed by atoms with E-state index in [4.69, 9.17) is 34.8 Å². The van der Waals surface area contributed by atoms with Gasteiger partial charge in [0.2, 0.25) is 3.79 Å². The van der Waals surface area contributed by atoms with Crippen LogP contribution in [0.15, 0.2) is 12.1 Å². The average Bonchev–Trinajstić information content (AvgIpc) is 1.95. The van der Waals surface area contributed by atoms with E-state index in [1.807, 2.05) is 32.9 Å². The zero-order valence-corrected chi connectivity index (χ0v) is 10.1. The molecule has 3 heteroatoms. The predicted octanol–water partition coefficient (Wildman–Crippen LogP) is 4.44. The van der Waals surface area contributed by atoms with E-state index in [1.165, 1.54) is 0 Å². The Balaban J connectivity index is 3.43. The molecule has 0 bridgehead atoms. The summed E-state index contributed by atoms with van der Waals surface area (Å²) in [5, 5.41) is 0. The van der Waals surface area contributed by atoms with Crippen LogP contribution in [0.4, 0.5) is 0 Å². The van der Waals surface area contributed by atoms with Crippen LogP contribution in [0.5, 0.6) is 0 Å². The number of hydrogen-bond donors (Lipinski definition) is 0. The molecule has 0 saturated heterocycles. The standard InChI is InChI=1S/C10H11Cl3/c1-6-4-5-7(2)9(8(6)3)10(11,12)13/h4-5H,1-3H3. The number of halogens is 3. The molecule has 0 fully saturated rings. The lowest BCUT2D eigenvalue weighted by Gasteiger charge is -2.18. The molecule has 0 atom stereocenters. The van der Waals surface area contributed by atoms with Crippen LogP contribution in [0, 0.1) is 20.8 Å². The first kappa shape index (κ1) is 11.2. The van der Waals surface area contributed by atoms with Crippen molar-refractivity contribution in [2.45, 2.75) is 24.6 Å². The average molecular weight is 238 g/mol. The van der Waals surface area contributed by atoms with Crippen LogP contribution in [-0.2, 0) is 3.79 Å². The molecule has 72 valence electrons. The van der Waals surface area contributed by atoms with Gasteiger partial charge >= 0.3 is 0 Å². The van der Waals surface area contributed by atoms with Gasteiger partial charge in [-0.15, -0.1) is 0 Å². The third kappa shape index (κ3) is 2.31. The predicted molar refractivity (Wildman–Crippen MR) is 59.9 cm³/mol. The van der Waals surface area contributed by atoms with Crippen LogP contribution < -0.4 is 0 Å².